The molecule has 0 aliphatic carbocycles. The number of carbonyl (C=O) groups excluding carboxylic acids is 3. The van der Waals surface area contributed by atoms with Gasteiger partial charge in [0, 0.05) is 49.4 Å². The highest BCUT2D eigenvalue weighted by Crippen LogP contribution is 2.35. The molecule has 0 radical (unpaired) electrons. The highest BCUT2D eigenvalue weighted by molar-refractivity contribution is 7.09. The molecule has 3 aliphatic rings. The Morgan fingerprint density at radius 1 is 1.09 bits per heavy atom. The minimum Gasteiger partial charge on any atom is -0.488 e. The van der Waals surface area contributed by atoms with Gasteiger partial charge in [0.2, 0.25) is 11.8 Å². The monoisotopic (exact) mass is 489 g/mol. The van der Waals surface area contributed by atoms with E-state index in [9.17, 15) is 14.4 Å². The zero-order valence-corrected chi connectivity index (χ0v) is 19.6. The molecule has 178 valence electrons. The summed E-state index contributed by atoms with van der Waals surface area (Å²) in [5.41, 5.74) is 2.38. The number of nitrogens with zero attached hydrogens (tertiary/aromatic N) is 4. The van der Waals surface area contributed by atoms with Crippen molar-refractivity contribution < 1.29 is 19.1 Å². The fourth-order valence-corrected chi connectivity index (χ4v) is 5.73. The number of amides is 3. The molecule has 3 amide bonds. The van der Waals surface area contributed by atoms with Gasteiger partial charge >= 0.3 is 0 Å². The van der Waals surface area contributed by atoms with E-state index in [1.165, 1.54) is 0 Å². The van der Waals surface area contributed by atoms with E-state index in [1.807, 2.05) is 41.9 Å². The molecule has 2 saturated heterocycles. The van der Waals surface area contributed by atoms with Gasteiger partial charge in [0.15, 0.2) is 0 Å². The van der Waals surface area contributed by atoms with Crippen molar-refractivity contribution in [2.45, 2.75) is 37.6 Å². The lowest BCUT2D eigenvalue weighted by molar-refractivity contribution is -0.136. The van der Waals surface area contributed by atoms with Crippen LogP contribution in [0.3, 0.4) is 0 Å². The molecule has 2 unspecified atom stereocenters. The highest BCUT2D eigenvalue weighted by Gasteiger charge is 2.40. The number of aromatic nitrogens is 2. The molecule has 5 heterocycles. The van der Waals surface area contributed by atoms with Gasteiger partial charge in [0.25, 0.3) is 5.91 Å². The standard InChI is InChI=1S/C25H23N5O4S/c31-21-7-6-20(23(32)28-21)30-12-15-11-16(4-5-18(15)25(30)33)34-17-13-29(14-17)22(24-27-9-10-35-24)19-3-1-2-8-26-19/h1-5,8-11,17,20,22H,6-7,12-14H2,(H,28,31,32). The third-order valence-electron chi connectivity index (χ3n) is 6.69. The second kappa shape index (κ2) is 8.86. The maximum Gasteiger partial charge on any atom is 0.255 e. The van der Waals surface area contributed by atoms with Crippen molar-refractivity contribution in [2.24, 2.45) is 0 Å². The predicted octanol–water partition coefficient (Wildman–Crippen LogP) is 2.15. The molecule has 1 N–H and O–H groups in total. The summed E-state index contributed by atoms with van der Waals surface area (Å²) in [6, 6.07) is 10.8. The molecule has 1 aromatic carbocycles. The Kier molecular flexibility index (Phi) is 5.54. The van der Waals surface area contributed by atoms with Crippen LogP contribution in [0.25, 0.3) is 0 Å². The van der Waals surface area contributed by atoms with E-state index in [0.717, 1.165) is 29.4 Å². The smallest absolute Gasteiger partial charge is 0.255 e. The Morgan fingerprint density at radius 2 is 1.97 bits per heavy atom. The lowest BCUT2D eigenvalue weighted by atomic mass is 10.0. The van der Waals surface area contributed by atoms with Gasteiger partial charge < -0.3 is 9.64 Å². The number of nitrogens with one attached hydrogen (secondary N) is 1. The topological polar surface area (TPSA) is 105 Å². The lowest BCUT2D eigenvalue weighted by Gasteiger charge is -2.43. The molecule has 2 aromatic heterocycles. The zero-order chi connectivity index (χ0) is 23.9. The normalized spacial score (nSPS) is 21.4. The number of pyridine rings is 1. The van der Waals surface area contributed by atoms with Crippen LogP contribution in [0.2, 0.25) is 0 Å². The summed E-state index contributed by atoms with van der Waals surface area (Å²) in [6.07, 6.45) is 4.22. The van der Waals surface area contributed by atoms with Gasteiger partial charge in [0.05, 0.1) is 5.69 Å². The Bertz CT molecular complexity index is 1280. The van der Waals surface area contributed by atoms with Crippen LogP contribution in [0, 0.1) is 0 Å². The molecule has 0 spiro atoms. The van der Waals surface area contributed by atoms with Gasteiger partial charge in [-0.3, -0.25) is 29.6 Å². The minimum atomic E-state index is -0.619. The molecule has 0 bridgehead atoms. The molecule has 10 heteroatoms. The molecule has 6 rings (SSSR count). The Labute approximate surface area is 205 Å². The zero-order valence-electron chi connectivity index (χ0n) is 18.8. The first-order valence-electron chi connectivity index (χ1n) is 11.6. The summed E-state index contributed by atoms with van der Waals surface area (Å²) in [6.45, 7) is 1.80. The van der Waals surface area contributed by atoms with Crippen LogP contribution in [0.4, 0.5) is 0 Å². The van der Waals surface area contributed by atoms with E-state index in [4.69, 9.17) is 4.74 Å². The molecular weight excluding hydrogens is 466 g/mol. The first kappa shape index (κ1) is 21.9. The van der Waals surface area contributed by atoms with Crippen molar-refractivity contribution in [2.75, 3.05) is 13.1 Å². The van der Waals surface area contributed by atoms with Gasteiger partial charge in [0.1, 0.15) is 28.9 Å². The van der Waals surface area contributed by atoms with Crippen LogP contribution in [-0.2, 0) is 16.1 Å². The van der Waals surface area contributed by atoms with E-state index >= 15 is 0 Å². The van der Waals surface area contributed by atoms with Gasteiger partial charge in [-0.25, -0.2) is 4.98 Å². The first-order chi connectivity index (χ1) is 17.1. The SMILES string of the molecule is O=C1CCC(N2Cc3cc(OC4CN(C(c5ccccn5)c5nccs5)C4)ccc3C2=O)C(=O)N1. The van der Waals surface area contributed by atoms with Crippen molar-refractivity contribution in [3.8, 4) is 5.75 Å². The summed E-state index contributed by atoms with van der Waals surface area (Å²) in [5.74, 6) is -0.176. The summed E-state index contributed by atoms with van der Waals surface area (Å²) in [5, 5.41) is 5.31. The summed E-state index contributed by atoms with van der Waals surface area (Å²) >= 11 is 1.62. The first-order valence-corrected chi connectivity index (χ1v) is 12.4. The van der Waals surface area contributed by atoms with E-state index in [1.54, 1.807) is 28.5 Å². The van der Waals surface area contributed by atoms with Crippen LogP contribution in [-0.4, -0.2) is 62.7 Å². The second-order valence-corrected chi connectivity index (χ2v) is 9.87. The van der Waals surface area contributed by atoms with Gasteiger partial charge in [-0.05, 0) is 42.3 Å². The predicted molar refractivity (Wildman–Crippen MR) is 127 cm³/mol. The number of imide groups is 1. The highest BCUT2D eigenvalue weighted by atomic mass is 32.1. The molecule has 2 fully saturated rings. The number of ether oxygens (including phenoxy) is 1. The van der Waals surface area contributed by atoms with Crippen molar-refractivity contribution in [3.05, 3.63) is 76.0 Å². The average molecular weight is 490 g/mol. The number of hydrogen-bond acceptors (Lipinski definition) is 8. The number of likely N-dealkylation sites (tertiary alicyclic amines) is 1. The Hall–Kier alpha value is -3.63. The number of rotatable bonds is 6. The van der Waals surface area contributed by atoms with E-state index < -0.39 is 11.9 Å². The molecule has 0 saturated carbocycles. The van der Waals surface area contributed by atoms with E-state index in [-0.39, 0.29) is 30.4 Å². The molecule has 9 nitrogen and oxygen atoms in total. The number of carbonyl (C=O) groups is 3. The third-order valence-corrected chi connectivity index (χ3v) is 7.52. The van der Waals surface area contributed by atoms with Crippen LogP contribution >= 0.6 is 11.3 Å². The molecule has 2 atom stereocenters. The fourth-order valence-electron chi connectivity index (χ4n) is 4.95. The third kappa shape index (κ3) is 4.08. The van der Waals surface area contributed by atoms with Crippen molar-refractivity contribution in [1.82, 2.24) is 25.1 Å². The number of fused-ring (bicyclic) bond motifs is 1. The number of benzene rings is 1. The van der Waals surface area contributed by atoms with Gasteiger partial charge in [-0.1, -0.05) is 6.07 Å². The Balaban J connectivity index is 1.12. The van der Waals surface area contributed by atoms with Crippen LogP contribution in [0.1, 0.15) is 45.5 Å². The number of hydrogen-bond donors (Lipinski definition) is 1. The van der Waals surface area contributed by atoms with Gasteiger partial charge in [-0.15, -0.1) is 11.3 Å². The lowest BCUT2D eigenvalue weighted by Crippen LogP contribution is -2.55. The maximum absolute atomic E-state index is 12.9. The van der Waals surface area contributed by atoms with Crippen molar-refractivity contribution in [1.29, 1.82) is 0 Å². The fraction of sp³-hybridized carbons (Fsp3) is 0.320. The maximum atomic E-state index is 12.9. The van der Waals surface area contributed by atoms with Crippen LogP contribution in [0.5, 0.6) is 5.75 Å². The molecule has 35 heavy (non-hydrogen) atoms. The number of piperidine rings is 1. The number of thiazole rings is 1. The van der Waals surface area contributed by atoms with Crippen molar-refractivity contribution in [3.63, 3.8) is 0 Å². The minimum absolute atomic E-state index is 0.00392. The largest absolute Gasteiger partial charge is 0.488 e. The second-order valence-electron chi connectivity index (χ2n) is 8.94. The quantitative estimate of drug-likeness (QED) is 0.529. The molecule has 3 aromatic rings. The van der Waals surface area contributed by atoms with Crippen molar-refractivity contribution >= 4 is 29.1 Å². The summed E-state index contributed by atoms with van der Waals surface area (Å²) in [7, 11) is 0. The van der Waals surface area contributed by atoms with Crippen LogP contribution in [0.15, 0.2) is 54.2 Å². The summed E-state index contributed by atoms with van der Waals surface area (Å²) < 4.78 is 6.23. The summed E-state index contributed by atoms with van der Waals surface area (Å²) in [4.78, 5) is 49.5. The Morgan fingerprint density at radius 3 is 2.71 bits per heavy atom. The van der Waals surface area contributed by atoms with Crippen LogP contribution < -0.4 is 10.1 Å². The molecular formula is C25H23N5O4S. The molecule has 3 aliphatic heterocycles. The van der Waals surface area contributed by atoms with E-state index in [0.29, 0.717) is 24.3 Å². The van der Waals surface area contributed by atoms with E-state index in [2.05, 4.69) is 20.2 Å². The van der Waals surface area contributed by atoms with Gasteiger partial charge in [-0.2, -0.15) is 0 Å². The average Bonchev–Trinajstić information content (AvgIpc) is 3.47.